The van der Waals surface area contributed by atoms with Crippen LogP contribution in [0, 0.1) is 21.8 Å². The van der Waals surface area contributed by atoms with Gasteiger partial charge in [-0.1, -0.05) is 29.2 Å². The minimum Gasteiger partial charge on any atom is -0.493 e. The van der Waals surface area contributed by atoms with E-state index in [1.165, 1.54) is 67.3 Å². The molecule has 3 heterocycles. The average molecular weight is 651 g/mol. The molecule has 1 N–H and O–H groups in total. The molecule has 1 saturated heterocycles. The van der Waals surface area contributed by atoms with E-state index in [4.69, 9.17) is 9.47 Å². The van der Waals surface area contributed by atoms with Crippen LogP contribution in [0.2, 0.25) is 0 Å². The number of nitrogens with one attached hydrogen (secondary N) is 1. The molecule has 1 fully saturated rings. The highest BCUT2D eigenvalue weighted by Gasteiger charge is 2.57. The first-order valence-corrected chi connectivity index (χ1v) is 15.1. The smallest absolute Gasteiger partial charge is 0.308 e. The number of thiazole rings is 1. The van der Waals surface area contributed by atoms with Crippen LogP contribution in [0.15, 0.2) is 76.6 Å². The van der Waals surface area contributed by atoms with E-state index in [0.717, 1.165) is 28.0 Å². The Balaban J connectivity index is 1.43. The largest absolute Gasteiger partial charge is 0.493 e. The number of halogens is 1. The van der Waals surface area contributed by atoms with Crippen molar-refractivity contribution in [2.24, 2.45) is 5.92 Å². The number of fused-ring (bicyclic) bond motifs is 2. The summed E-state index contributed by atoms with van der Waals surface area (Å²) in [6.45, 7) is -0.390. The number of benzene rings is 3. The fourth-order valence-corrected chi connectivity index (χ4v) is 8.29. The van der Waals surface area contributed by atoms with Gasteiger partial charge >= 0.3 is 4.87 Å². The van der Waals surface area contributed by atoms with Gasteiger partial charge in [-0.15, -0.1) is 0 Å². The fraction of sp³-hybridized carbons (Fsp3) is 0.200. The first-order chi connectivity index (χ1) is 21.6. The number of carbonyl (C=O) groups excluding carboxylic acids is 3. The number of rotatable bonds is 8. The second kappa shape index (κ2) is 11.8. The van der Waals surface area contributed by atoms with Crippen LogP contribution in [0.4, 0.5) is 21.5 Å². The number of nitro groups is 1. The molecule has 15 heteroatoms. The van der Waals surface area contributed by atoms with Crippen LogP contribution in [0.25, 0.3) is 0 Å². The number of methoxy groups -OCH3 is 2. The number of imide groups is 1. The quantitative estimate of drug-likeness (QED) is 0.166. The zero-order valence-corrected chi connectivity index (χ0v) is 25.2. The first-order valence-electron chi connectivity index (χ1n) is 13.4. The highest BCUT2D eigenvalue weighted by Crippen LogP contribution is 2.54. The maximum atomic E-state index is 14.1. The number of anilines is 2. The van der Waals surface area contributed by atoms with Crippen LogP contribution >= 0.6 is 23.1 Å². The van der Waals surface area contributed by atoms with E-state index in [9.17, 15) is 33.7 Å². The number of nitro benzene ring substituents is 1. The third-order valence-corrected chi connectivity index (χ3v) is 10.2. The second-order valence-corrected chi connectivity index (χ2v) is 12.2. The van der Waals surface area contributed by atoms with E-state index in [2.05, 4.69) is 5.32 Å². The highest BCUT2D eigenvalue weighted by molar-refractivity contribution is 8.00. The molecule has 0 spiro atoms. The molecule has 0 bridgehead atoms. The molecule has 0 unspecified atom stereocenters. The van der Waals surface area contributed by atoms with E-state index in [0.29, 0.717) is 32.7 Å². The number of amides is 3. The maximum absolute atomic E-state index is 14.1. The lowest BCUT2D eigenvalue weighted by Gasteiger charge is -2.31. The van der Waals surface area contributed by atoms with Gasteiger partial charge in [0.25, 0.3) is 5.69 Å². The fourth-order valence-electron chi connectivity index (χ4n) is 5.52. The van der Waals surface area contributed by atoms with Crippen LogP contribution in [0.5, 0.6) is 11.5 Å². The van der Waals surface area contributed by atoms with Gasteiger partial charge in [0, 0.05) is 28.6 Å². The minimum atomic E-state index is -0.973. The van der Waals surface area contributed by atoms with Gasteiger partial charge in [0.15, 0.2) is 11.5 Å². The van der Waals surface area contributed by atoms with Gasteiger partial charge < -0.3 is 14.8 Å². The number of aromatic nitrogens is 1. The molecular formula is C30H23FN4O8S2. The second-order valence-electron chi connectivity index (χ2n) is 10.1. The molecule has 12 nitrogen and oxygen atoms in total. The van der Waals surface area contributed by atoms with Crippen LogP contribution in [0.3, 0.4) is 0 Å². The summed E-state index contributed by atoms with van der Waals surface area (Å²) in [5.41, 5.74) is 0.902. The summed E-state index contributed by atoms with van der Waals surface area (Å²) in [5.74, 6) is -3.00. The number of thioether (sulfide) groups is 1. The Morgan fingerprint density at radius 1 is 0.978 bits per heavy atom. The SMILES string of the molecule is COc1ccc([C@@H]2c3sc(=O)n(CC(=O)Nc4ccc(F)cc4)c3S[C@@H]3C(=O)N(c4ccc([N+](=O)[O-])cc4)C(=O)[C@H]23)cc1OC. The van der Waals surface area contributed by atoms with E-state index in [1.807, 2.05) is 0 Å². The summed E-state index contributed by atoms with van der Waals surface area (Å²) in [4.78, 5) is 66.0. The zero-order valence-electron chi connectivity index (χ0n) is 23.6. The maximum Gasteiger partial charge on any atom is 0.308 e. The van der Waals surface area contributed by atoms with Crippen molar-refractivity contribution in [1.29, 1.82) is 0 Å². The topological polar surface area (TPSA) is 150 Å². The third kappa shape index (κ3) is 5.33. The number of non-ortho nitro benzene ring substituents is 1. The van der Waals surface area contributed by atoms with Gasteiger partial charge in [0.2, 0.25) is 17.7 Å². The molecule has 3 amide bonds. The molecular weight excluding hydrogens is 627 g/mol. The first kappa shape index (κ1) is 30.0. The summed E-state index contributed by atoms with van der Waals surface area (Å²) in [7, 11) is 2.94. The Morgan fingerprint density at radius 3 is 2.31 bits per heavy atom. The Morgan fingerprint density at radius 2 is 1.67 bits per heavy atom. The third-order valence-electron chi connectivity index (χ3n) is 7.56. The Labute approximate surface area is 262 Å². The molecule has 4 aromatic rings. The van der Waals surface area contributed by atoms with Crippen molar-refractivity contribution >= 4 is 57.9 Å². The van der Waals surface area contributed by atoms with Crippen molar-refractivity contribution < 1.29 is 33.2 Å². The van der Waals surface area contributed by atoms with Crippen molar-refractivity contribution in [3.63, 3.8) is 0 Å². The molecule has 3 atom stereocenters. The van der Waals surface area contributed by atoms with Crippen LogP contribution in [-0.2, 0) is 20.9 Å². The lowest BCUT2D eigenvalue weighted by Crippen LogP contribution is -2.33. The normalized spacial score (nSPS) is 18.7. The number of nitrogens with zero attached hydrogens (tertiary/aromatic N) is 3. The summed E-state index contributed by atoms with van der Waals surface area (Å²) < 4.78 is 25.5. The molecule has 0 radical (unpaired) electrons. The van der Waals surface area contributed by atoms with E-state index in [-0.39, 0.29) is 17.9 Å². The van der Waals surface area contributed by atoms with Crippen LogP contribution < -0.4 is 24.6 Å². The minimum absolute atomic E-state index is 0.177. The molecule has 45 heavy (non-hydrogen) atoms. The van der Waals surface area contributed by atoms with Crippen molar-refractivity contribution in [2.45, 2.75) is 22.7 Å². The van der Waals surface area contributed by atoms with Crippen molar-refractivity contribution in [3.8, 4) is 11.5 Å². The van der Waals surface area contributed by atoms with Gasteiger partial charge in [-0.25, -0.2) is 9.29 Å². The molecule has 6 rings (SSSR count). The molecule has 1 aromatic heterocycles. The van der Waals surface area contributed by atoms with Crippen LogP contribution in [0.1, 0.15) is 16.4 Å². The number of hydrogen-bond donors (Lipinski definition) is 1. The van der Waals surface area contributed by atoms with Gasteiger partial charge in [-0.3, -0.25) is 33.9 Å². The van der Waals surface area contributed by atoms with Crippen molar-refractivity contribution in [2.75, 3.05) is 24.4 Å². The Hall–Kier alpha value is -5.02. The number of hydrogen-bond acceptors (Lipinski definition) is 10. The number of ether oxygens (including phenoxy) is 2. The summed E-state index contributed by atoms with van der Waals surface area (Å²) in [5, 5.41) is 13.2. The molecule has 3 aromatic carbocycles. The van der Waals surface area contributed by atoms with E-state index < -0.39 is 50.4 Å². The Bertz CT molecular complexity index is 1910. The van der Waals surface area contributed by atoms with E-state index >= 15 is 0 Å². The monoisotopic (exact) mass is 650 g/mol. The van der Waals surface area contributed by atoms with E-state index in [1.54, 1.807) is 18.2 Å². The predicted octanol–water partition coefficient (Wildman–Crippen LogP) is 4.41. The predicted molar refractivity (Wildman–Crippen MR) is 164 cm³/mol. The lowest BCUT2D eigenvalue weighted by molar-refractivity contribution is -0.384. The summed E-state index contributed by atoms with van der Waals surface area (Å²) >= 11 is 1.90. The molecule has 0 saturated carbocycles. The molecule has 230 valence electrons. The van der Waals surface area contributed by atoms with Crippen molar-refractivity contribution in [1.82, 2.24) is 4.57 Å². The van der Waals surface area contributed by atoms with Gasteiger partial charge in [-0.2, -0.15) is 0 Å². The highest BCUT2D eigenvalue weighted by atomic mass is 32.2. The molecule has 0 aliphatic carbocycles. The van der Waals surface area contributed by atoms with Gasteiger partial charge in [-0.05, 0) is 54.1 Å². The molecule has 2 aliphatic heterocycles. The van der Waals surface area contributed by atoms with Crippen LogP contribution in [-0.4, -0.2) is 46.7 Å². The van der Waals surface area contributed by atoms with Gasteiger partial charge in [0.05, 0.1) is 35.8 Å². The van der Waals surface area contributed by atoms with Gasteiger partial charge in [0.1, 0.15) is 17.6 Å². The molecule has 2 aliphatic rings. The zero-order chi connectivity index (χ0) is 32.0. The lowest BCUT2D eigenvalue weighted by atomic mass is 9.83. The average Bonchev–Trinajstić information content (AvgIpc) is 3.47. The standard InChI is InChI=1S/C30H23FN4O8S2/c1-42-20-12-3-15(13-21(20)43-2)23-24-25(28(38)34(27(24)37)18-8-10-19(11-9-18)35(40)41)44-29-26(23)45-30(39)33(29)14-22(36)32-17-6-4-16(31)5-7-17/h3-13,23-25H,14H2,1-2H3,(H,32,36)/t23-,24+,25-/m0/s1. The number of carbonyl (C=O) groups is 3. The summed E-state index contributed by atoms with van der Waals surface area (Å²) in [6, 6.07) is 15.3. The summed E-state index contributed by atoms with van der Waals surface area (Å²) in [6.07, 6.45) is 0. The Kier molecular flexibility index (Phi) is 7.88. The van der Waals surface area contributed by atoms with Crippen molar-refractivity contribution in [3.05, 3.63) is 103 Å².